The largest absolute Gasteiger partial charge is 4.00 e. The Kier molecular flexibility index (Phi) is 41.7. The van der Waals surface area contributed by atoms with Crippen molar-refractivity contribution in [1.82, 2.24) is 0 Å². The molecular weight excluding hydrogens is 421 g/mol. The predicted molar refractivity (Wildman–Crippen MR) is 134 cm³/mol. The summed E-state index contributed by atoms with van der Waals surface area (Å²) in [6.45, 7) is 34.2. The van der Waals surface area contributed by atoms with E-state index in [1.165, 1.54) is 16.7 Å². The van der Waals surface area contributed by atoms with E-state index < -0.39 is 0 Å². The van der Waals surface area contributed by atoms with Gasteiger partial charge in [-0.25, -0.2) is 5.57 Å². The molecule has 1 aliphatic rings. The van der Waals surface area contributed by atoms with Gasteiger partial charge in [0.15, 0.2) is 0 Å². The molecule has 0 unspecified atom stereocenters. The van der Waals surface area contributed by atoms with E-state index in [0.717, 1.165) is 16.6 Å². The van der Waals surface area contributed by atoms with Gasteiger partial charge in [-0.1, -0.05) is 80.4 Å². The standard InChI is InChI=1S/C10H15.3C4H9.CH3.3Al.O.Ti.3H/c1-7-6-10(4,5)9(3)8(7)2;3*1-4(2)3;;;;;;;;;/h1-5H3;3*4H,1H2,2-3H3;1H3;;;;;;;;/q4*-1;;;;;;+4;;;. The van der Waals surface area contributed by atoms with Crippen molar-refractivity contribution in [3.63, 3.8) is 0 Å². The number of hydrogen-bond donors (Lipinski definition) is 0. The molecule has 5 heteroatoms. The van der Waals surface area contributed by atoms with Crippen molar-refractivity contribution in [3.05, 3.63) is 43.6 Å². The molecule has 1 rings (SSSR count). The summed E-state index contributed by atoms with van der Waals surface area (Å²) in [7, 11) is 0. The minimum atomic E-state index is -0.0139. The van der Waals surface area contributed by atoms with E-state index in [2.05, 4.69) is 109 Å². The van der Waals surface area contributed by atoms with E-state index in [0.29, 0.717) is 17.8 Å². The normalized spacial score (nSPS) is 13.1. The predicted octanol–water partition coefficient (Wildman–Crippen LogP) is 6.11. The molecule has 0 N–H and O–H groups in total. The topological polar surface area (TPSA) is 9.23 Å². The second kappa shape index (κ2) is 26.8. The van der Waals surface area contributed by atoms with Crippen LogP contribution in [0.25, 0.3) is 0 Å². The second-order valence-electron chi connectivity index (χ2n) is 8.38. The van der Waals surface area contributed by atoms with Gasteiger partial charge in [0.1, 0.15) is 0 Å². The van der Waals surface area contributed by atoms with Crippen molar-refractivity contribution in [2.45, 2.75) is 81.9 Å². The van der Waals surface area contributed by atoms with E-state index in [9.17, 15) is 0 Å². The first kappa shape index (κ1) is 43.6. The van der Waals surface area contributed by atoms with Crippen molar-refractivity contribution < 1.29 is 24.6 Å². The third-order valence-corrected chi connectivity index (χ3v) is 5.16. The van der Waals surface area contributed by atoms with Crippen LogP contribution >= 0.6 is 0 Å². The Bertz CT molecular complexity index is 350. The summed E-state index contributed by atoms with van der Waals surface area (Å²) in [5.74, 6) is 3.88. The van der Waals surface area contributed by atoms with Gasteiger partial charge in [-0.05, 0) is 0 Å². The van der Waals surface area contributed by atoms with Crippen LogP contribution in [0.2, 0.25) is 5.79 Å². The smallest absolute Gasteiger partial charge is 0.645 e. The van der Waals surface area contributed by atoms with Crippen molar-refractivity contribution in [2.24, 2.45) is 23.2 Å². The molecule has 1 aliphatic carbocycles. The van der Waals surface area contributed by atoms with Crippen LogP contribution in [0.4, 0.5) is 0 Å². The molecule has 159 valence electrons. The molecule has 0 saturated carbocycles. The Morgan fingerprint density at radius 1 is 0.893 bits per heavy atom. The first-order valence-corrected chi connectivity index (χ1v) is 12.7. The number of allylic oxidation sites excluding steroid dienone is 4. The minimum absolute atomic E-state index is 0. The molecule has 28 heavy (non-hydrogen) atoms. The Balaban J connectivity index is -0.0000000581. The first-order valence-electron chi connectivity index (χ1n) is 9.84. The maximum absolute atomic E-state index is 4.82. The molecule has 0 spiro atoms. The summed E-state index contributed by atoms with van der Waals surface area (Å²) in [6.07, 6.45) is 3.44. The zero-order valence-electron chi connectivity index (χ0n) is 21.5. The van der Waals surface area contributed by atoms with Crippen LogP contribution in [0.15, 0.2) is 16.7 Å². The summed E-state index contributed by atoms with van der Waals surface area (Å²) in [5.41, 5.74) is 4.39. The summed E-state index contributed by atoms with van der Waals surface area (Å²) in [6, 6.07) is 0. The van der Waals surface area contributed by atoms with Gasteiger partial charge in [0.05, 0.1) is 0 Å². The van der Waals surface area contributed by atoms with Crippen LogP contribution in [-0.2, 0) is 24.6 Å². The van der Waals surface area contributed by atoms with Gasteiger partial charge in [-0.15, -0.1) is 6.92 Å². The SMILES string of the molecule is CC1=[C-]C(C)(C)C(C)=C1C.[Al].[CH2-]C(C)C.[CH2-]C(C)C.[CH2-]C(C)C.[CH3][AlH][O][AlH2].[Ti+4]. The van der Waals surface area contributed by atoms with E-state index in [-0.39, 0.29) is 60.0 Å². The van der Waals surface area contributed by atoms with E-state index in [1.54, 1.807) is 0 Å². The Morgan fingerprint density at radius 2 is 1.11 bits per heavy atom. The van der Waals surface area contributed by atoms with Crippen molar-refractivity contribution in [3.8, 4) is 0 Å². The summed E-state index contributed by atoms with van der Waals surface area (Å²) < 4.78 is 4.82. The molecule has 1 nitrogen and oxygen atoms in total. The maximum atomic E-state index is 4.82. The molecule has 0 atom stereocenters. The molecule has 0 fully saturated rings. The molecular formula is C23H48Al3OTi. The van der Waals surface area contributed by atoms with Crippen LogP contribution in [0.3, 0.4) is 0 Å². The minimum Gasteiger partial charge on any atom is -0.645 e. The Morgan fingerprint density at radius 3 is 1.14 bits per heavy atom. The molecule has 0 aromatic carbocycles. The van der Waals surface area contributed by atoms with Crippen molar-refractivity contribution in [1.29, 1.82) is 0 Å². The number of rotatable bonds is 1. The third-order valence-electron chi connectivity index (χ3n) is 2.85. The van der Waals surface area contributed by atoms with Gasteiger partial charge < -0.3 is 23.6 Å². The van der Waals surface area contributed by atoms with Gasteiger partial charge in [0.25, 0.3) is 0 Å². The molecule has 0 amide bonds. The fourth-order valence-electron chi connectivity index (χ4n) is 1.41. The molecule has 0 bridgehead atoms. The molecule has 0 saturated heterocycles. The number of hydrogen-bond acceptors (Lipinski definition) is 1. The zero-order chi connectivity index (χ0) is 22.1. The van der Waals surface area contributed by atoms with Gasteiger partial charge in [-0.2, -0.15) is 28.9 Å². The van der Waals surface area contributed by atoms with Crippen LogP contribution in [-0.4, -0.2) is 49.5 Å². The van der Waals surface area contributed by atoms with E-state index in [4.69, 9.17) is 2.84 Å². The third kappa shape index (κ3) is 42.0. The summed E-state index contributed by atoms with van der Waals surface area (Å²) in [5, 5.41) is 0. The van der Waals surface area contributed by atoms with Gasteiger partial charge in [0.2, 0.25) is 0 Å². The molecule has 0 heterocycles. The second-order valence-corrected chi connectivity index (χ2v) is 11.3. The molecule has 0 aliphatic heterocycles. The van der Waals surface area contributed by atoms with Gasteiger partial charge in [-0.3, -0.25) is 6.08 Å². The molecule has 0 aromatic rings. The zero-order valence-corrected chi connectivity index (χ0v) is 27.7. The summed E-state index contributed by atoms with van der Waals surface area (Å²) >= 11 is 0.938. The summed E-state index contributed by atoms with van der Waals surface area (Å²) in [4.78, 5) is 0. The van der Waals surface area contributed by atoms with E-state index >= 15 is 0 Å². The van der Waals surface area contributed by atoms with Crippen LogP contribution in [0, 0.1) is 50.0 Å². The van der Waals surface area contributed by atoms with E-state index in [1.807, 2.05) is 0 Å². The maximum Gasteiger partial charge on any atom is 4.00 e. The quantitative estimate of drug-likeness (QED) is 0.333. The molecule has 0 aromatic heterocycles. The van der Waals surface area contributed by atoms with Crippen molar-refractivity contribution >= 4 is 49.5 Å². The fourth-order valence-corrected chi connectivity index (χ4v) is 1.41. The average molecular weight is 469 g/mol. The van der Waals surface area contributed by atoms with Gasteiger partial charge >= 0.3 is 53.9 Å². The van der Waals surface area contributed by atoms with Crippen LogP contribution in [0.1, 0.15) is 76.2 Å². The Labute approximate surface area is 221 Å². The monoisotopic (exact) mass is 469 g/mol. The van der Waals surface area contributed by atoms with Gasteiger partial charge in [0, 0.05) is 17.4 Å². The van der Waals surface area contributed by atoms with Crippen molar-refractivity contribution in [2.75, 3.05) is 0 Å². The van der Waals surface area contributed by atoms with Crippen LogP contribution in [0.5, 0.6) is 0 Å². The van der Waals surface area contributed by atoms with Crippen LogP contribution < -0.4 is 0 Å². The molecule has 3 radical (unpaired) electrons. The average Bonchev–Trinajstić information content (AvgIpc) is 2.60. The first-order chi connectivity index (χ1) is 11.6. The Hall–Kier alpha value is 1.75. The fraction of sp³-hybridized carbons (Fsp3) is 0.696.